The number of rotatable bonds is 3. The van der Waals surface area contributed by atoms with Crippen LogP contribution in [0.1, 0.15) is 31.3 Å². The van der Waals surface area contributed by atoms with Crippen molar-refractivity contribution in [2.45, 2.75) is 33.7 Å². The first-order valence-electron chi connectivity index (χ1n) is 9.10. The van der Waals surface area contributed by atoms with Gasteiger partial charge in [-0.15, -0.1) is 0 Å². The number of hydrogen-bond donors (Lipinski definition) is 0. The Morgan fingerprint density at radius 2 is 1.78 bits per heavy atom. The average molecular weight is 358 g/mol. The topological polar surface area (TPSA) is 52.7 Å². The lowest BCUT2D eigenvalue weighted by Gasteiger charge is -2.14. The van der Waals surface area contributed by atoms with Crippen LogP contribution in [0, 0.1) is 13.8 Å². The first-order valence-corrected chi connectivity index (χ1v) is 9.10. The third kappa shape index (κ3) is 2.85. The number of nitrogens with zero attached hydrogens (tertiary/aromatic N) is 4. The molecule has 0 N–H and O–H groups in total. The molecule has 136 valence electrons. The molecule has 0 fully saturated rings. The quantitative estimate of drug-likeness (QED) is 0.544. The fourth-order valence-electron chi connectivity index (χ4n) is 3.44. The molecule has 0 aliphatic carbocycles. The van der Waals surface area contributed by atoms with E-state index in [-0.39, 0.29) is 11.6 Å². The summed E-state index contributed by atoms with van der Waals surface area (Å²) in [4.78, 5) is 18.3. The van der Waals surface area contributed by atoms with Crippen LogP contribution in [0.3, 0.4) is 0 Å². The van der Waals surface area contributed by atoms with Crippen LogP contribution in [0.2, 0.25) is 0 Å². The maximum absolute atomic E-state index is 13.5. The van der Waals surface area contributed by atoms with E-state index >= 15 is 0 Å². The maximum atomic E-state index is 13.5. The zero-order valence-corrected chi connectivity index (χ0v) is 16.0. The van der Waals surface area contributed by atoms with E-state index in [1.807, 2.05) is 73.4 Å². The Hall–Kier alpha value is -3.21. The van der Waals surface area contributed by atoms with Crippen LogP contribution >= 0.6 is 0 Å². The van der Waals surface area contributed by atoms with Gasteiger partial charge in [-0.1, -0.05) is 30.3 Å². The summed E-state index contributed by atoms with van der Waals surface area (Å²) in [5, 5.41) is 5.05. The van der Waals surface area contributed by atoms with Gasteiger partial charge < -0.3 is 0 Å². The minimum absolute atomic E-state index is 0.0558. The van der Waals surface area contributed by atoms with Crippen molar-refractivity contribution in [3.63, 3.8) is 0 Å². The van der Waals surface area contributed by atoms with Gasteiger partial charge in [0.2, 0.25) is 0 Å². The van der Waals surface area contributed by atoms with Gasteiger partial charge in [0.25, 0.3) is 5.56 Å². The Labute approximate surface area is 157 Å². The predicted molar refractivity (Wildman–Crippen MR) is 108 cm³/mol. The number of aryl methyl sites for hydroxylation is 2. The molecule has 0 unspecified atom stereocenters. The van der Waals surface area contributed by atoms with Crippen molar-refractivity contribution in [2.24, 2.45) is 0 Å². The first kappa shape index (κ1) is 17.2. The highest BCUT2D eigenvalue weighted by Crippen LogP contribution is 2.27. The van der Waals surface area contributed by atoms with E-state index in [0.29, 0.717) is 16.7 Å². The van der Waals surface area contributed by atoms with E-state index in [4.69, 9.17) is 4.98 Å². The lowest BCUT2D eigenvalue weighted by atomic mass is 10.0. The average Bonchev–Trinajstić information content (AvgIpc) is 3.13. The molecule has 4 rings (SSSR count). The van der Waals surface area contributed by atoms with Gasteiger partial charge in [0, 0.05) is 17.8 Å². The lowest BCUT2D eigenvalue weighted by molar-refractivity contribution is 0.532. The summed E-state index contributed by atoms with van der Waals surface area (Å²) in [5.41, 5.74) is 4.33. The number of aromatic nitrogens is 4. The van der Waals surface area contributed by atoms with Gasteiger partial charge in [0.15, 0.2) is 0 Å². The monoisotopic (exact) mass is 358 g/mol. The maximum Gasteiger partial charge on any atom is 0.266 e. The van der Waals surface area contributed by atoms with Crippen LogP contribution in [-0.2, 0) is 0 Å². The molecular weight excluding hydrogens is 336 g/mol. The molecular formula is C22H22N4O. The SMILES string of the molecule is Cc1ccccc1-n1c(C)nc2cccc(-c3cnn(C(C)C)c3)c2c1=O. The molecule has 0 radical (unpaired) electrons. The highest BCUT2D eigenvalue weighted by atomic mass is 16.1. The Kier molecular flexibility index (Phi) is 4.15. The van der Waals surface area contributed by atoms with Gasteiger partial charge >= 0.3 is 0 Å². The minimum Gasteiger partial charge on any atom is -0.270 e. The van der Waals surface area contributed by atoms with Crippen LogP contribution in [0.4, 0.5) is 0 Å². The summed E-state index contributed by atoms with van der Waals surface area (Å²) in [7, 11) is 0. The van der Waals surface area contributed by atoms with Gasteiger partial charge in [-0.2, -0.15) is 5.10 Å². The van der Waals surface area contributed by atoms with Gasteiger partial charge in [0.05, 0.1) is 22.8 Å². The van der Waals surface area contributed by atoms with E-state index in [1.165, 1.54) is 0 Å². The van der Waals surface area contributed by atoms with E-state index in [2.05, 4.69) is 18.9 Å². The second-order valence-corrected chi connectivity index (χ2v) is 7.09. The lowest BCUT2D eigenvalue weighted by Crippen LogP contribution is -2.23. The summed E-state index contributed by atoms with van der Waals surface area (Å²) >= 11 is 0. The van der Waals surface area contributed by atoms with Crippen LogP contribution in [-0.4, -0.2) is 19.3 Å². The summed E-state index contributed by atoms with van der Waals surface area (Å²) < 4.78 is 3.60. The highest BCUT2D eigenvalue weighted by Gasteiger charge is 2.16. The van der Waals surface area contributed by atoms with Crippen molar-refractivity contribution in [1.29, 1.82) is 0 Å². The second-order valence-electron chi connectivity index (χ2n) is 7.09. The number of para-hydroxylation sites is 1. The largest absolute Gasteiger partial charge is 0.270 e. The second kappa shape index (κ2) is 6.50. The van der Waals surface area contributed by atoms with Gasteiger partial charge in [-0.3, -0.25) is 14.0 Å². The molecule has 2 heterocycles. The summed E-state index contributed by atoms with van der Waals surface area (Å²) in [6, 6.07) is 13.9. The van der Waals surface area contributed by atoms with Crippen LogP contribution < -0.4 is 5.56 Å². The molecule has 0 aliphatic rings. The van der Waals surface area contributed by atoms with Crippen molar-refractivity contribution in [1.82, 2.24) is 19.3 Å². The molecule has 5 heteroatoms. The summed E-state index contributed by atoms with van der Waals surface area (Å²) in [6.07, 6.45) is 3.79. The van der Waals surface area contributed by atoms with E-state index in [9.17, 15) is 4.79 Å². The van der Waals surface area contributed by atoms with E-state index in [1.54, 1.807) is 4.57 Å². The molecule has 0 saturated carbocycles. The molecule has 0 atom stereocenters. The fraction of sp³-hybridized carbons (Fsp3) is 0.227. The fourth-order valence-corrected chi connectivity index (χ4v) is 3.44. The van der Waals surface area contributed by atoms with Crippen LogP contribution in [0.25, 0.3) is 27.7 Å². The summed E-state index contributed by atoms with van der Waals surface area (Å²) in [6.45, 7) is 8.03. The Morgan fingerprint density at radius 1 is 1.00 bits per heavy atom. The van der Waals surface area contributed by atoms with Crippen LogP contribution in [0.5, 0.6) is 0 Å². The zero-order chi connectivity index (χ0) is 19.1. The number of hydrogen-bond acceptors (Lipinski definition) is 3. The molecule has 0 spiro atoms. The van der Waals surface area contributed by atoms with Crippen molar-refractivity contribution in [3.05, 3.63) is 76.6 Å². The number of benzene rings is 2. The van der Waals surface area contributed by atoms with Crippen molar-refractivity contribution >= 4 is 10.9 Å². The van der Waals surface area contributed by atoms with E-state index in [0.717, 1.165) is 22.4 Å². The van der Waals surface area contributed by atoms with Crippen molar-refractivity contribution in [2.75, 3.05) is 0 Å². The third-order valence-corrected chi connectivity index (χ3v) is 4.86. The van der Waals surface area contributed by atoms with Crippen LogP contribution in [0.15, 0.2) is 59.7 Å². The van der Waals surface area contributed by atoms with Crippen molar-refractivity contribution in [3.8, 4) is 16.8 Å². The molecule has 5 nitrogen and oxygen atoms in total. The normalized spacial score (nSPS) is 11.4. The van der Waals surface area contributed by atoms with Gasteiger partial charge in [-0.05, 0) is 51.0 Å². The first-order chi connectivity index (χ1) is 13.0. The predicted octanol–water partition coefficient (Wildman–Crippen LogP) is 4.45. The van der Waals surface area contributed by atoms with E-state index < -0.39 is 0 Å². The van der Waals surface area contributed by atoms with Gasteiger partial charge in [-0.25, -0.2) is 4.98 Å². The van der Waals surface area contributed by atoms with Gasteiger partial charge in [0.1, 0.15) is 5.82 Å². The molecule has 2 aromatic carbocycles. The molecule has 0 aliphatic heterocycles. The summed E-state index contributed by atoms with van der Waals surface area (Å²) in [5.74, 6) is 0.678. The zero-order valence-electron chi connectivity index (χ0n) is 16.0. The molecule has 4 aromatic rings. The highest BCUT2D eigenvalue weighted by molar-refractivity contribution is 5.94. The Balaban J connectivity index is 2.04. The molecule has 0 bridgehead atoms. The number of fused-ring (bicyclic) bond motifs is 1. The van der Waals surface area contributed by atoms with Crippen molar-refractivity contribution < 1.29 is 0 Å². The molecule has 27 heavy (non-hydrogen) atoms. The molecule has 0 amide bonds. The standard InChI is InChI=1S/C22H22N4O/c1-14(2)25-13-17(12-23-25)18-9-7-10-19-21(18)22(27)26(16(4)24-19)20-11-6-5-8-15(20)3/h5-14H,1-4H3. The third-order valence-electron chi connectivity index (χ3n) is 4.86. The smallest absolute Gasteiger partial charge is 0.266 e. The minimum atomic E-state index is -0.0558. The molecule has 0 saturated heterocycles. The Morgan fingerprint density at radius 3 is 2.48 bits per heavy atom. The molecule has 2 aromatic heterocycles. The Bertz CT molecular complexity index is 1200.